The number of alkyl halides is 5. The van der Waals surface area contributed by atoms with Crippen molar-refractivity contribution in [2.75, 3.05) is 7.11 Å². The van der Waals surface area contributed by atoms with Crippen molar-refractivity contribution < 1.29 is 31.8 Å². The van der Waals surface area contributed by atoms with Crippen LogP contribution in [0.4, 0.5) is 22.0 Å². The fourth-order valence-electron chi connectivity index (χ4n) is 2.31. The third-order valence-electron chi connectivity index (χ3n) is 3.56. The van der Waals surface area contributed by atoms with Crippen molar-refractivity contribution in [2.24, 2.45) is 0 Å². The van der Waals surface area contributed by atoms with E-state index in [1.165, 1.54) is 37.4 Å². The van der Waals surface area contributed by atoms with Crippen LogP contribution in [0, 0.1) is 3.57 Å². The fraction of sp³-hybridized carbons (Fsp3) is 0.250. The first-order valence-electron chi connectivity index (χ1n) is 6.62. The third-order valence-corrected chi connectivity index (χ3v) is 4.50. The van der Waals surface area contributed by atoms with E-state index in [4.69, 9.17) is 4.74 Å². The second-order valence-corrected chi connectivity index (χ2v) is 6.16. The molecular weight excluding hydrogens is 446 g/mol. The molecule has 0 spiro atoms. The minimum absolute atomic E-state index is 0.0508. The average Bonchev–Trinajstić information content (AvgIpc) is 2.53. The quantitative estimate of drug-likeness (QED) is 0.531. The van der Waals surface area contributed by atoms with Gasteiger partial charge in [-0.3, -0.25) is 0 Å². The van der Waals surface area contributed by atoms with Gasteiger partial charge in [-0.05, 0) is 46.4 Å². The van der Waals surface area contributed by atoms with Gasteiger partial charge in [0.2, 0.25) is 0 Å². The molecule has 0 bridgehead atoms. The minimum atomic E-state index is -5.95. The zero-order chi connectivity index (χ0) is 18.2. The number of rotatable bonds is 4. The largest absolute Gasteiger partial charge is 0.497 e. The van der Waals surface area contributed by atoms with E-state index in [9.17, 15) is 27.1 Å². The Bertz CT molecular complexity index is 732. The lowest BCUT2D eigenvalue weighted by molar-refractivity contribution is -0.336. The van der Waals surface area contributed by atoms with Gasteiger partial charge in [-0.2, -0.15) is 22.0 Å². The molecular formula is C16H12F5IO2. The monoisotopic (exact) mass is 458 g/mol. The first-order valence-corrected chi connectivity index (χ1v) is 7.70. The van der Waals surface area contributed by atoms with Gasteiger partial charge in [0.25, 0.3) is 0 Å². The van der Waals surface area contributed by atoms with Crippen LogP contribution in [0.3, 0.4) is 0 Å². The van der Waals surface area contributed by atoms with Crippen LogP contribution in [0.5, 0.6) is 5.75 Å². The zero-order valence-corrected chi connectivity index (χ0v) is 14.4. The number of methoxy groups -OCH3 is 1. The molecule has 24 heavy (non-hydrogen) atoms. The van der Waals surface area contributed by atoms with Crippen LogP contribution in [0.25, 0.3) is 0 Å². The van der Waals surface area contributed by atoms with Crippen molar-refractivity contribution in [3.8, 4) is 5.75 Å². The molecule has 0 heterocycles. The van der Waals surface area contributed by atoms with E-state index in [2.05, 4.69) is 0 Å². The SMILES string of the molecule is COc1cccc(C(O)(c2ccccc2I)C(F)(F)C(F)(F)F)c1. The van der Waals surface area contributed by atoms with Gasteiger partial charge in [-0.25, -0.2) is 0 Å². The molecule has 2 aromatic rings. The highest BCUT2D eigenvalue weighted by Gasteiger charge is 2.71. The van der Waals surface area contributed by atoms with Crippen LogP contribution in [0.1, 0.15) is 11.1 Å². The topological polar surface area (TPSA) is 29.5 Å². The Labute approximate surface area is 148 Å². The molecule has 0 aliphatic heterocycles. The maximum atomic E-state index is 14.3. The summed E-state index contributed by atoms with van der Waals surface area (Å²) in [5, 5.41) is 10.7. The number of ether oxygens (including phenoxy) is 1. The molecule has 8 heteroatoms. The van der Waals surface area contributed by atoms with Gasteiger partial charge in [-0.1, -0.05) is 30.3 Å². The molecule has 1 N–H and O–H groups in total. The molecule has 0 amide bonds. The summed E-state index contributed by atoms with van der Waals surface area (Å²) in [7, 11) is 1.24. The third kappa shape index (κ3) is 2.97. The van der Waals surface area contributed by atoms with E-state index in [-0.39, 0.29) is 9.32 Å². The number of benzene rings is 2. The molecule has 1 atom stereocenters. The molecule has 0 aliphatic carbocycles. The lowest BCUT2D eigenvalue weighted by atomic mass is 9.80. The Balaban J connectivity index is 2.82. The second kappa shape index (κ2) is 6.47. The normalized spacial score (nSPS) is 15.0. The molecule has 0 saturated heterocycles. The first-order chi connectivity index (χ1) is 11.1. The molecule has 1 unspecified atom stereocenters. The highest BCUT2D eigenvalue weighted by molar-refractivity contribution is 14.1. The van der Waals surface area contributed by atoms with E-state index >= 15 is 0 Å². The van der Waals surface area contributed by atoms with Gasteiger partial charge in [0, 0.05) is 9.13 Å². The molecule has 2 aromatic carbocycles. The van der Waals surface area contributed by atoms with Crippen LogP contribution < -0.4 is 4.74 Å². The van der Waals surface area contributed by atoms with Crippen molar-refractivity contribution in [1.29, 1.82) is 0 Å². The molecule has 130 valence electrons. The number of aliphatic hydroxyl groups is 1. The summed E-state index contributed by atoms with van der Waals surface area (Å²) in [5.41, 5.74) is -4.76. The van der Waals surface area contributed by atoms with E-state index in [0.29, 0.717) is 0 Å². The summed E-state index contributed by atoms with van der Waals surface area (Å²) in [6.07, 6.45) is -5.95. The maximum absolute atomic E-state index is 14.3. The zero-order valence-electron chi connectivity index (χ0n) is 12.2. The number of hydrogen-bond donors (Lipinski definition) is 1. The second-order valence-electron chi connectivity index (χ2n) is 4.99. The Morgan fingerprint density at radius 2 is 1.58 bits per heavy atom. The smallest absolute Gasteiger partial charge is 0.457 e. The molecule has 0 radical (unpaired) electrons. The first kappa shape index (κ1) is 18.9. The fourth-order valence-corrected chi connectivity index (χ4v) is 3.09. The summed E-state index contributed by atoms with van der Waals surface area (Å²) in [6.45, 7) is 0. The molecule has 2 nitrogen and oxygen atoms in total. The predicted molar refractivity (Wildman–Crippen MR) is 86.2 cm³/mol. The minimum Gasteiger partial charge on any atom is -0.497 e. The summed E-state index contributed by atoms with van der Waals surface area (Å²) in [5.74, 6) is -5.37. The van der Waals surface area contributed by atoms with Gasteiger partial charge in [0.15, 0.2) is 5.60 Å². The van der Waals surface area contributed by atoms with Crippen molar-refractivity contribution in [1.82, 2.24) is 0 Å². The van der Waals surface area contributed by atoms with Gasteiger partial charge >= 0.3 is 12.1 Å². The Kier molecular flexibility index (Phi) is 5.10. The summed E-state index contributed by atoms with van der Waals surface area (Å²) < 4.78 is 72.9. The van der Waals surface area contributed by atoms with Crippen LogP contribution in [-0.4, -0.2) is 24.3 Å². The van der Waals surface area contributed by atoms with Crippen LogP contribution in [0.15, 0.2) is 48.5 Å². The summed E-state index contributed by atoms with van der Waals surface area (Å²) in [6, 6.07) is 9.73. The molecule has 0 fully saturated rings. The average molecular weight is 458 g/mol. The van der Waals surface area contributed by atoms with E-state index in [0.717, 1.165) is 18.2 Å². The van der Waals surface area contributed by atoms with Gasteiger partial charge < -0.3 is 9.84 Å². The van der Waals surface area contributed by atoms with Gasteiger partial charge in [0.05, 0.1) is 7.11 Å². The Morgan fingerprint density at radius 3 is 2.12 bits per heavy atom. The predicted octanol–water partition coefficient (Wildman–Crippen LogP) is 4.73. The van der Waals surface area contributed by atoms with Crippen LogP contribution in [0.2, 0.25) is 0 Å². The molecule has 0 aromatic heterocycles. The summed E-state index contributed by atoms with van der Waals surface area (Å²) >= 11 is 1.61. The van der Waals surface area contributed by atoms with Crippen LogP contribution in [-0.2, 0) is 5.60 Å². The van der Waals surface area contributed by atoms with Gasteiger partial charge in [0.1, 0.15) is 5.75 Å². The molecule has 0 aliphatic rings. The Morgan fingerprint density at radius 1 is 0.958 bits per heavy atom. The Hall–Kier alpha value is -1.42. The highest BCUT2D eigenvalue weighted by Crippen LogP contribution is 2.52. The van der Waals surface area contributed by atoms with E-state index in [1.807, 2.05) is 0 Å². The van der Waals surface area contributed by atoms with Crippen molar-refractivity contribution in [3.05, 3.63) is 63.2 Å². The van der Waals surface area contributed by atoms with E-state index in [1.54, 1.807) is 22.6 Å². The molecule has 0 saturated carbocycles. The summed E-state index contributed by atoms with van der Waals surface area (Å²) in [4.78, 5) is 0. The standard InChI is InChI=1S/C16H12F5IO2/c1-24-11-6-4-5-10(9-11)14(23,15(17,18)16(19,20)21)12-7-2-3-8-13(12)22/h2-9,23H,1H3. The van der Waals surface area contributed by atoms with Gasteiger partial charge in [-0.15, -0.1) is 0 Å². The number of halogens is 6. The lowest BCUT2D eigenvalue weighted by Gasteiger charge is -2.38. The lowest BCUT2D eigenvalue weighted by Crippen LogP contribution is -2.55. The molecule has 2 rings (SSSR count). The van der Waals surface area contributed by atoms with E-state index < -0.39 is 28.8 Å². The van der Waals surface area contributed by atoms with Crippen molar-refractivity contribution in [3.63, 3.8) is 0 Å². The van der Waals surface area contributed by atoms with Crippen molar-refractivity contribution in [2.45, 2.75) is 17.7 Å². The highest BCUT2D eigenvalue weighted by atomic mass is 127. The maximum Gasteiger partial charge on any atom is 0.457 e. The van der Waals surface area contributed by atoms with Crippen LogP contribution >= 0.6 is 22.6 Å². The number of hydrogen-bond acceptors (Lipinski definition) is 2. The van der Waals surface area contributed by atoms with Crippen molar-refractivity contribution >= 4 is 22.6 Å².